The molecule has 94 valence electrons. The van der Waals surface area contributed by atoms with E-state index in [1.165, 1.54) is 18.2 Å². The van der Waals surface area contributed by atoms with Crippen molar-refractivity contribution < 1.29 is 8.42 Å². The summed E-state index contributed by atoms with van der Waals surface area (Å²) in [5.41, 5.74) is 0.312. The third-order valence-electron chi connectivity index (χ3n) is 3.07. The Morgan fingerprint density at radius 2 is 2.11 bits per heavy atom. The monoisotopic (exact) mass is 284 g/mol. The molecule has 7 heteroatoms. The lowest BCUT2D eigenvalue weighted by atomic mass is 10.2. The van der Waals surface area contributed by atoms with E-state index >= 15 is 0 Å². The predicted molar refractivity (Wildman–Crippen MR) is 67.4 cm³/mol. The molecule has 0 bridgehead atoms. The van der Waals surface area contributed by atoms with Gasteiger partial charge in [0.1, 0.15) is 5.82 Å². The van der Waals surface area contributed by atoms with E-state index in [0.717, 1.165) is 18.7 Å². The van der Waals surface area contributed by atoms with E-state index in [9.17, 15) is 13.2 Å². The van der Waals surface area contributed by atoms with Gasteiger partial charge in [0, 0.05) is 23.6 Å². The van der Waals surface area contributed by atoms with Crippen LogP contribution in [0.1, 0.15) is 12.2 Å². The second-order valence-electron chi connectivity index (χ2n) is 4.21. The average molecular weight is 285 g/mol. The summed E-state index contributed by atoms with van der Waals surface area (Å²) in [5, 5.41) is 0.294. The molecule has 0 aliphatic carbocycles. The summed E-state index contributed by atoms with van der Waals surface area (Å²) in [7, 11) is 1.44. The first-order chi connectivity index (χ1) is 8.47. The van der Waals surface area contributed by atoms with Crippen LogP contribution in [0.5, 0.6) is 0 Å². The normalized spacial score (nSPS) is 14.9. The SMILES string of the molecule is O=c1c2cc(S(=O)(=O)Cl)ccc2nc2n1CCC2. The first-order valence-electron chi connectivity index (χ1n) is 5.45. The van der Waals surface area contributed by atoms with Crippen molar-refractivity contribution in [1.29, 1.82) is 0 Å². The Hall–Kier alpha value is -1.40. The van der Waals surface area contributed by atoms with E-state index in [1.54, 1.807) is 4.57 Å². The molecule has 3 rings (SSSR count). The minimum absolute atomic E-state index is 0.0749. The van der Waals surface area contributed by atoms with Crippen molar-refractivity contribution in [1.82, 2.24) is 9.55 Å². The smallest absolute Gasteiger partial charge is 0.261 e. The largest absolute Gasteiger partial charge is 0.296 e. The number of fused-ring (bicyclic) bond motifs is 2. The summed E-state index contributed by atoms with van der Waals surface area (Å²) in [5.74, 6) is 0.758. The lowest BCUT2D eigenvalue weighted by molar-refractivity contribution is 0.609. The molecule has 0 amide bonds. The molecule has 5 nitrogen and oxygen atoms in total. The Kier molecular flexibility index (Phi) is 2.46. The molecule has 1 aliphatic heterocycles. The van der Waals surface area contributed by atoms with E-state index in [0.29, 0.717) is 17.4 Å². The van der Waals surface area contributed by atoms with Gasteiger partial charge in [-0.1, -0.05) is 0 Å². The Labute approximate surface area is 107 Å². The summed E-state index contributed by atoms with van der Waals surface area (Å²) < 4.78 is 24.1. The first kappa shape index (κ1) is 11.7. The molecule has 18 heavy (non-hydrogen) atoms. The maximum absolute atomic E-state index is 12.2. The Balaban J connectivity index is 2.39. The van der Waals surface area contributed by atoms with Crippen molar-refractivity contribution in [3.63, 3.8) is 0 Å². The highest BCUT2D eigenvalue weighted by Gasteiger charge is 2.18. The van der Waals surface area contributed by atoms with Gasteiger partial charge in [0.2, 0.25) is 0 Å². The van der Waals surface area contributed by atoms with Crippen molar-refractivity contribution in [2.45, 2.75) is 24.3 Å². The number of nitrogens with zero attached hydrogens (tertiary/aromatic N) is 2. The molecule has 2 aromatic rings. The van der Waals surface area contributed by atoms with Crippen molar-refractivity contribution in [3.05, 3.63) is 34.4 Å². The van der Waals surface area contributed by atoms with Crippen LogP contribution in [0.25, 0.3) is 10.9 Å². The first-order valence-corrected chi connectivity index (χ1v) is 7.76. The van der Waals surface area contributed by atoms with E-state index in [2.05, 4.69) is 4.98 Å². The fourth-order valence-corrected chi connectivity index (χ4v) is 2.99. The summed E-state index contributed by atoms with van der Waals surface area (Å²) in [6, 6.07) is 4.17. The molecular formula is C11H9ClN2O3S. The van der Waals surface area contributed by atoms with Crippen LogP contribution in [-0.2, 0) is 22.0 Å². The number of hydrogen-bond acceptors (Lipinski definition) is 4. The fourth-order valence-electron chi connectivity index (χ4n) is 2.21. The van der Waals surface area contributed by atoms with Crippen molar-refractivity contribution in [2.24, 2.45) is 0 Å². The number of rotatable bonds is 1. The Morgan fingerprint density at radius 1 is 1.33 bits per heavy atom. The van der Waals surface area contributed by atoms with Gasteiger partial charge >= 0.3 is 0 Å². The fraction of sp³-hybridized carbons (Fsp3) is 0.273. The van der Waals surface area contributed by atoms with Crippen molar-refractivity contribution >= 4 is 30.6 Å². The third-order valence-corrected chi connectivity index (χ3v) is 4.42. The van der Waals surface area contributed by atoms with Crippen LogP contribution in [0.2, 0.25) is 0 Å². The lowest BCUT2D eigenvalue weighted by Gasteiger charge is -2.05. The van der Waals surface area contributed by atoms with Gasteiger partial charge in [-0.15, -0.1) is 0 Å². The number of hydrogen-bond donors (Lipinski definition) is 0. The molecule has 0 unspecified atom stereocenters. The van der Waals surface area contributed by atoms with Crippen LogP contribution in [0.15, 0.2) is 27.9 Å². The molecule has 2 heterocycles. The molecule has 1 aromatic heterocycles. The van der Waals surface area contributed by atoms with Crippen LogP contribution in [0.3, 0.4) is 0 Å². The molecular weight excluding hydrogens is 276 g/mol. The lowest BCUT2D eigenvalue weighted by Crippen LogP contribution is -2.21. The Bertz CT molecular complexity index is 811. The molecule has 0 saturated heterocycles. The van der Waals surface area contributed by atoms with Gasteiger partial charge < -0.3 is 0 Å². The summed E-state index contributed by atoms with van der Waals surface area (Å²) in [4.78, 5) is 16.5. The van der Waals surface area contributed by atoms with Crippen LogP contribution < -0.4 is 5.56 Å². The van der Waals surface area contributed by atoms with E-state index in [-0.39, 0.29) is 10.5 Å². The zero-order valence-corrected chi connectivity index (χ0v) is 10.8. The number of halogens is 1. The van der Waals surface area contributed by atoms with E-state index in [4.69, 9.17) is 10.7 Å². The standard InChI is InChI=1S/C11H9ClN2O3S/c12-18(16,17)7-3-4-9-8(6-7)11(15)14-5-1-2-10(14)13-9/h3-4,6H,1-2,5H2. The quantitative estimate of drug-likeness (QED) is 0.740. The summed E-state index contributed by atoms with van der Waals surface area (Å²) >= 11 is 0. The molecule has 0 spiro atoms. The van der Waals surface area contributed by atoms with Gasteiger partial charge in [-0.25, -0.2) is 13.4 Å². The molecule has 0 radical (unpaired) electrons. The molecule has 1 aromatic carbocycles. The molecule has 0 atom stereocenters. The minimum atomic E-state index is -3.83. The van der Waals surface area contributed by atoms with Gasteiger partial charge in [0.25, 0.3) is 14.6 Å². The highest BCUT2D eigenvalue weighted by atomic mass is 35.7. The summed E-state index contributed by atoms with van der Waals surface area (Å²) in [6.07, 6.45) is 1.67. The van der Waals surface area contributed by atoms with E-state index < -0.39 is 9.05 Å². The van der Waals surface area contributed by atoms with Gasteiger partial charge in [-0.2, -0.15) is 0 Å². The van der Waals surface area contributed by atoms with Gasteiger partial charge in [0.05, 0.1) is 15.8 Å². The molecule has 1 aliphatic rings. The minimum Gasteiger partial charge on any atom is -0.296 e. The summed E-state index contributed by atoms with van der Waals surface area (Å²) in [6.45, 7) is 0.634. The van der Waals surface area contributed by atoms with Crippen molar-refractivity contribution in [3.8, 4) is 0 Å². The topological polar surface area (TPSA) is 69.0 Å². The molecule has 0 saturated carbocycles. The van der Waals surface area contributed by atoms with Crippen LogP contribution in [0, 0.1) is 0 Å². The van der Waals surface area contributed by atoms with Crippen molar-refractivity contribution in [2.75, 3.05) is 0 Å². The Morgan fingerprint density at radius 3 is 2.83 bits per heavy atom. The van der Waals surface area contributed by atoms with Gasteiger partial charge in [-0.05, 0) is 24.6 Å². The zero-order chi connectivity index (χ0) is 12.9. The van der Waals surface area contributed by atoms with Crippen LogP contribution in [-0.4, -0.2) is 18.0 Å². The van der Waals surface area contributed by atoms with Gasteiger partial charge in [0.15, 0.2) is 0 Å². The third kappa shape index (κ3) is 1.72. The van der Waals surface area contributed by atoms with E-state index in [1.807, 2.05) is 0 Å². The molecule has 0 fully saturated rings. The van der Waals surface area contributed by atoms with Crippen LogP contribution >= 0.6 is 10.7 Å². The maximum Gasteiger partial charge on any atom is 0.261 e. The maximum atomic E-state index is 12.2. The average Bonchev–Trinajstić information content (AvgIpc) is 2.76. The van der Waals surface area contributed by atoms with Crippen LogP contribution in [0.4, 0.5) is 0 Å². The number of aryl methyl sites for hydroxylation is 1. The molecule has 0 N–H and O–H groups in total. The number of aromatic nitrogens is 2. The number of benzene rings is 1. The second-order valence-corrected chi connectivity index (χ2v) is 6.77. The highest BCUT2D eigenvalue weighted by molar-refractivity contribution is 8.13. The zero-order valence-electron chi connectivity index (χ0n) is 9.26. The second kappa shape index (κ2) is 3.80. The highest BCUT2D eigenvalue weighted by Crippen LogP contribution is 2.20. The predicted octanol–water partition coefficient (Wildman–Crippen LogP) is 1.27. The van der Waals surface area contributed by atoms with Gasteiger partial charge in [-0.3, -0.25) is 9.36 Å².